The Balaban J connectivity index is 0.000000225. The fraction of sp³-hybridized carbons (Fsp3) is 0.917. The van der Waals surface area contributed by atoms with E-state index in [2.05, 4.69) is 20.9 Å². The smallest absolute Gasteiger partial charge is 0.236 e. The van der Waals surface area contributed by atoms with Crippen molar-refractivity contribution in [3.63, 3.8) is 0 Å². The summed E-state index contributed by atoms with van der Waals surface area (Å²) in [7, 11) is 3.59. The van der Waals surface area contributed by atoms with Crippen LogP contribution < -0.4 is 16.0 Å². The highest BCUT2D eigenvalue weighted by molar-refractivity contribution is 5.77. The van der Waals surface area contributed by atoms with Crippen molar-refractivity contribution in [3.05, 3.63) is 0 Å². The van der Waals surface area contributed by atoms with Crippen molar-refractivity contribution in [2.45, 2.75) is 0 Å². The third kappa shape index (κ3) is 6.90. The average molecular weight is 257 g/mol. The molecule has 0 aromatic heterocycles. The molecule has 2 aliphatic rings. The molecular weight excluding hydrogens is 230 g/mol. The molecule has 0 aromatic rings. The van der Waals surface area contributed by atoms with E-state index in [9.17, 15) is 4.79 Å². The minimum atomic E-state index is 0.192. The number of hydrogen-bond acceptors (Lipinski definition) is 5. The molecule has 0 atom stereocenters. The molecule has 0 radical (unpaired) electrons. The quantitative estimate of drug-likeness (QED) is 0.543. The van der Waals surface area contributed by atoms with Crippen LogP contribution in [0.5, 0.6) is 0 Å². The van der Waals surface area contributed by atoms with Crippen LogP contribution >= 0.6 is 0 Å². The number of amides is 1. The van der Waals surface area contributed by atoms with E-state index in [4.69, 9.17) is 0 Å². The number of likely N-dealkylation sites (N-methyl/N-ethyl adjacent to an activating group) is 1. The molecule has 18 heavy (non-hydrogen) atoms. The largest absolute Gasteiger partial charge is 0.348 e. The minimum absolute atomic E-state index is 0.192. The average Bonchev–Trinajstić information content (AvgIpc) is 2.42. The molecule has 106 valence electrons. The maximum Gasteiger partial charge on any atom is 0.236 e. The molecule has 2 heterocycles. The molecule has 0 aromatic carbocycles. The molecular formula is C12H27N5O. The summed E-state index contributed by atoms with van der Waals surface area (Å²) in [4.78, 5) is 15.1. The Hall–Kier alpha value is -0.690. The Labute approximate surface area is 110 Å². The summed E-state index contributed by atoms with van der Waals surface area (Å²) in [6.45, 7) is 9.09. The second-order valence-electron chi connectivity index (χ2n) is 4.81. The first-order chi connectivity index (χ1) is 8.70. The Kier molecular flexibility index (Phi) is 7.91. The van der Waals surface area contributed by atoms with E-state index in [1.165, 1.54) is 0 Å². The van der Waals surface area contributed by atoms with Gasteiger partial charge in [0.2, 0.25) is 5.91 Å². The van der Waals surface area contributed by atoms with Crippen molar-refractivity contribution >= 4 is 5.91 Å². The van der Waals surface area contributed by atoms with E-state index in [1.807, 2.05) is 0 Å². The summed E-state index contributed by atoms with van der Waals surface area (Å²) in [5, 5.41) is 9.70. The molecule has 6 nitrogen and oxygen atoms in total. The predicted molar refractivity (Wildman–Crippen MR) is 73.7 cm³/mol. The van der Waals surface area contributed by atoms with Crippen LogP contribution in [-0.2, 0) is 4.79 Å². The van der Waals surface area contributed by atoms with Crippen LogP contribution in [-0.4, -0.2) is 88.7 Å². The van der Waals surface area contributed by atoms with Crippen LogP contribution in [0.2, 0.25) is 0 Å². The lowest BCUT2D eigenvalue weighted by atomic mass is 10.3. The molecule has 0 bridgehead atoms. The fourth-order valence-corrected chi connectivity index (χ4v) is 1.81. The molecule has 0 unspecified atom stereocenters. The number of nitrogens with one attached hydrogen (secondary N) is 3. The molecule has 2 fully saturated rings. The maximum absolute atomic E-state index is 11.3. The van der Waals surface area contributed by atoms with Crippen molar-refractivity contribution < 1.29 is 4.79 Å². The first-order valence-corrected chi connectivity index (χ1v) is 6.75. The van der Waals surface area contributed by atoms with Crippen LogP contribution in [0.15, 0.2) is 0 Å². The van der Waals surface area contributed by atoms with E-state index in [0.717, 1.165) is 52.4 Å². The van der Waals surface area contributed by atoms with Gasteiger partial charge in [0.15, 0.2) is 0 Å². The molecule has 0 aliphatic carbocycles. The van der Waals surface area contributed by atoms with Crippen molar-refractivity contribution in [1.82, 2.24) is 25.8 Å². The Morgan fingerprint density at radius 2 is 1.39 bits per heavy atom. The van der Waals surface area contributed by atoms with Crippen LogP contribution in [0, 0.1) is 0 Å². The van der Waals surface area contributed by atoms with Crippen LogP contribution in [0.25, 0.3) is 0 Å². The highest BCUT2D eigenvalue weighted by Gasteiger charge is 2.13. The molecule has 2 aliphatic heterocycles. The molecule has 0 spiro atoms. The van der Waals surface area contributed by atoms with Crippen LogP contribution in [0.1, 0.15) is 0 Å². The molecule has 6 heteroatoms. The molecule has 2 rings (SSSR count). The molecule has 3 N–H and O–H groups in total. The summed E-state index contributed by atoms with van der Waals surface area (Å²) >= 11 is 0. The van der Waals surface area contributed by atoms with E-state index in [1.54, 1.807) is 19.0 Å². The van der Waals surface area contributed by atoms with E-state index < -0.39 is 0 Å². The second-order valence-corrected chi connectivity index (χ2v) is 4.81. The second kappa shape index (κ2) is 9.27. The zero-order valence-electron chi connectivity index (χ0n) is 11.7. The maximum atomic E-state index is 11.3. The van der Waals surface area contributed by atoms with Gasteiger partial charge < -0.3 is 20.9 Å². The third-order valence-electron chi connectivity index (χ3n) is 3.02. The number of carbonyl (C=O) groups excluding carboxylic acids is 1. The van der Waals surface area contributed by atoms with E-state index in [0.29, 0.717) is 6.54 Å². The summed E-state index contributed by atoms with van der Waals surface area (Å²) < 4.78 is 0. The Morgan fingerprint density at radius 3 is 1.78 bits per heavy atom. The van der Waals surface area contributed by atoms with Crippen molar-refractivity contribution in [2.75, 3.05) is 73.0 Å². The zero-order chi connectivity index (χ0) is 13.2. The fourth-order valence-electron chi connectivity index (χ4n) is 1.81. The summed E-state index contributed by atoms with van der Waals surface area (Å²) in [6, 6.07) is 0. The van der Waals surface area contributed by atoms with Gasteiger partial charge in [-0.1, -0.05) is 0 Å². The van der Waals surface area contributed by atoms with Gasteiger partial charge in [-0.15, -0.1) is 0 Å². The van der Waals surface area contributed by atoms with Crippen molar-refractivity contribution in [3.8, 4) is 0 Å². The normalized spacial score (nSPS) is 20.8. The Morgan fingerprint density at radius 1 is 0.944 bits per heavy atom. The summed E-state index contributed by atoms with van der Waals surface area (Å²) in [5.74, 6) is 0.192. The van der Waals surface area contributed by atoms with Gasteiger partial charge >= 0.3 is 0 Å². The van der Waals surface area contributed by atoms with Gasteiger partial charge in [-0.2, -0.15) is 0 Å². The lowest BCUT2D eigenvalue weighted by molar-refractivity contribution is -0.130. The first-order valence-electron chi connectivity index (χ1n) is 6.75. The first kappa shape index (κ1) is 15.4. The van der Waals surface area contributed by atoms with Gasteiger partial charge in [0, 0.05) is 66.5 Å². The van der Waals surface area contributed by atoms with E-state index >= 15 is 0 Å². The summed E-state index contributed by atoms with van der Waals surface area (Å²) in [6.07, 6.45) is 0. The standard InChI is InChI=1S/C8H17N3O.C4H10N2/c1-10(2)8(12)7-11-5-3-9-4-6-11;1-2-6-4-3-5-1/h9H,3-7H2,1-2H3;5-6H,1-4H2. The Bertz CT molecular complexity index is 213. The molecule has 1 amide bonds. The monoisotopic (exact) mass is 257 g/mol. The van der Waals surface area contributed by atoms with Crippen LogP contribution in [0.4, 0.5) is 0 Å². The van der Waals surface area contributed by atoms with Gasteiger partial charge in [-0.3, -0.25) is 9.69 Å². The van der Waals surface area contributed by atoms with Gasteiger partial charge in [0.1, 0.15) is 0 Å². The predicted octanol–water partition coefficient (Wildman–Crippen LogP) is -1.84. The van der Waals surface area contributed by atoms with Crippen LogP contribution in [0.3, 0.4) is 0 Å². The summed E-state index contributed by atoms with van der Waals surface area (Å²) in [5.41, 5.74) is 0. The topological polar surface area (TPSA) is 59.6 Å². The SMILES string of the molecule is C1CNCCN1.CN(C)C(=O)CN1CCNCC1. The van der Waals surface area contributed by atoms with Crippen molar-refractivity contribution in [2.24, 2.45) is 0 Å². The zero-order valence-corrected chi connectivity index (χ0v) is 11.7. The lowest BCUT2D eigenvalue weighted by Crippen LogP contribution is -2.47. The van der Waals surface area contributed by atoms with Gasteiger partial charge in [-0.05, 0) is 0 Å². The minimum Gasteiger partial charge on any atom is -0.348 e. The highest BCUT2D eigenvalue weighted by atomic mass is 16.2. The number of nitrogens with zero attached hydrogens (tertiary/aromatic N) is 2. The van der Waals surface area contributed by atoms with Gasteiger partial charge in [-0.25, -0.2) is 0 Å². The van der Waals surface area contributed by atoms with Gasteiger partial charge in [0.25, 0.3) is 0 Å². The van der Waals surface area contributed by atoms with E-state index in [-0.39, 0.29) is 5.91 Å². The highest BCUT2D eigenvalue weighted by Crippen LogP contribution is 1.92. The number of carbonyl (C=O) groups is 1. The number of rotatable bonds is 2. The number of hydrogen-bond donors (Lipinski definition) is 3. The third-order valence-corrected chi connectivity index (χ3v) is 3.02. The van der Waals surface area contributed by atoms with Crippen molar-refractivity contribution in [1.29, 1.82) is 0 Å². The molecule has 0 saturated carbocycles. The van der Waals surface area contributed by atoms with Gasteiger partial charge in [0.05, 0.1) is 6.54 Å². The number of piperazine rings is 2. The molecule has 2 saturated heterocycles. The lowest BCUT2D eigenvalue weighted by Gasteiger charge is -2.27.